The third-order valence-electron chi connectivity index (χ3n) is 2.39. The van der Waals surface area contributed by atoms with E-state index in [4.69, 9.17) is 4.74 Å². The first-order valence-electron chi connectivity index (χ1n) is 5.85. The first-order chi connectivity index (χ1) is 6.64. The van der Waals surface area contributed by atoms with Crippen LogP contribution in [0.2, 0.25) is 0 Å². The molecule has 0 fully saturated rings. The van der Waals surface area contributed by atoms with Gasteiger partial charge in [-0.15, -0.1) is 0 Å². The van der Waals surface area contributed by atoms with Crippen LogP contribution in [0, 0.1) is 17.3 Å². The molecule has 0 saturated heterocycles. The summed E-state index contributed by atoms with van der Waals surface area (Å²) in [4.78, 5) is 11.9. The maximum atomic E-state index is 11.9. The highest BCUT2D eigenvalue weighted by atomic mass is 16.5. The maximum Gasteiger partial charge on any atom is 0.309 e. The molecule has 2 heteroatoms. The molecule has 1 unspecified atom stereocenters. The molecule has 0 aliphatic carbocycles. The Balaban J connectivity index is 4.56. The second-order valence-corrected chi connectivity index (χ2v) is 6.03. The lowest BCUT2D eigenvalue weighted by Gasteiger charge is -2.30. The lowest BCUT2D eigenvalue weighted by atomic mass is 9.76. The zero-order chi connectivity index (χ0) is 12.2. The van der Waals surface area contributed by atoms with Gasteiger partial charge in [-0.25, -0.2) is 0 Å². The molecule has 0 aromatic heterocycles. The summed E-state index contributed by atoms with van der Waals surface area (Å²) in [6.45, 7) is 14.4. The van der Waals surface area contributed by atoms with Gasteiger partial charge in [0.2, 0.25) is 0 Å². The van der Waals surface area contributed by atoms with Gasteiger partial charge >= 0.3 is 5.97 Å². The lowest BCUT2D eigenvalue weighted by molar-refractivity contribution is -0.157. The van der Waals surface area contributed by atoms with Crippen molar-refractivity contribution in [2.75, 3.05) is 0 Å². The van der Waals surface area contributed by atoms with Crippen LogP contribution in [0.1, 0.15) is 54.9 Å². The molecule has 90 valence electrons. The number of carbonyl (C=O) groups excluding carboxylic acids is 1. The van der Waals surface area contributed by atoms with Gasteiger partial charge in [0.15, 0.2) is 0 Å². The molecule has 15 heavy (non-hydrogen) atoms. The van der Waals surface area contributed by atoms with Gasteiger partial charge in [0, 0.05) is 0 Å². The summed E-state index contributed by atoms with van der Waals surface area (Å²) in [5.74, 6) is 0.472. The molecular weight excluding hydrogens is 188 g/mol. The molecule has 0 spiro atoms. The van der Waals surface area contributed by atoms with Crippen molar-refractivity contribution in [1.29, 1.82) is 0 Å². The number of hydrogen-bond donors (Lipinski definition) is 0. The number of esters is 1. The molecule has 2 nitrogen and oxygen atoms in total. The molecule has 0 aliphatic rings. The van der Waals surface area contributed by atoms with Gasteiger partial charge in [0.05, 0.1) is 12.0 Å². The Labute approximate surface area is 94.4 Å². The topological polar surface area (TPSA) is 26.3 Å². The van der Waals surface area contributed by atoms with Crippen LogP contribution in [0.15, 0.2) is 0 Å². The molecule has 0 radical (unpaired) electrons. The summed E-state index contributed by atoms with van der Waals surface area (Å²) in [5.41, 5.74) is -0.0176. The Morgan fingerprint density at radius 3 is 1.87 bits per heavy atom. The van der Waals surface area contributed by atoms with Crippen molar-refractivity contribution < 1.29 is 9.53 Å². The maximum absolute atomic E-state index is 11.9. The quantitative estimate of drug-likeness (QED) is 0.668. The third kappa shape index (κ3) is 5.81. The minimum absolute atomic E-state index is 0.0000926. The average Bonchev–Trinajstić information content (AvgIpc) is 1.95. The first-order valence-corrected chi connectivity index (χ1v) is 5.85. The van der Waals surface area contributed by atoms with Gasteiger partial charge in [0.25, 0.3) is 0 Å². The van der Waals surface area contributed by atoms with Gasteiger partial charge in [-0.05, 0) is 31.6 Å². The summed E-state index contributed by atoms with van der Waals surface area (Å²) < 4.78 is 5.30. The lowest BCUT2D eigenvalue weighted by Crippen LogP contribution is -2.32. The zero-order valence-corrected chi connectivity index (χ0v) is 11.3. The Morgan fingerprint density at radius 1 is 1.13 bits per heavy atom. The average molecular weight is 214 g/mol. The monoisotopic (exact) mass is 214 g/mol. The van der Waals surface area contributed by atoms with Crippen LogP contribution >= 0.6 is 0 Å². The SMILES string of the molecule is CC(C)CC(C(=O)OC(C)C)C(C)(C)C. The first kappa shape index (κ1) is 14.5. The van der Waals surface area contributed by atoms with Crippen LogP contribution in [0.4, 0.5) is 0 Å². The summed E-state index contributed by atoms with van der Waals surface area (Å²) in [7, 11) is 0. The predicted molar refractivity (Wildman–Crippen MR) is 63.6 cm³/mol. The van der Waals surface area contributed by atoms with Gasteiger partial charge in [-0.3, -0.25) is 4.79 Å². The summed E-state index contributed by atoms with van der Waals surface area (Å²) in [6.07, 6.45) is 0.879. The molecule has 0 bridgehead atoms. The fraction of sp³-hybridized carbons (Fsp3) is 0.923. The van der Waals surface area contributed by atoms with Gasteiger partial charge in [0.1, 0.15) is 0 Å². The van der Waals surface area contributed by atoms with E-state index in [0.29, 0.717) is 5.92 Å². The molecular formula is C13H26O2. The highest BCUT2D eigenvalue weighted by Crippen LogP contribution is 2.32. The van der Waals surface area contributed by atoms with E-state index in [2.05, 4.69) is 34.6 Å². The van der Waals surface area contributed by atoms with Gasteiger partial charge in [-0.1, -0.05) is 34.6 Å². The normalized spacial score (nSPS) is 14.5. The minimum Gasteiger partial charge on any atom is -0.463 e. The van der Waals surface area contributed by atoms with Crippen molar-refractivity contribution in [3.63, 3.8) is 0 Å². The zero-order valence-electron chi connectivity index (χ0n) is 11.3. The van der Waals surface area contributed by atoms with E-state index < -0.39 is 0 Å². The van der Waals surface area contributed by atoms with Crippen LogP contribution in [-0.2, 0) is 9.53 Å². The fourth-order valence-corrected chi connectivity index (χ4v) is 1.59. The van der Waals surface area contributed by atoms with Crippen molar-refractivity contribution in [2.24, 2.45) is 17.3 Å². The number of ether oxygens (including phenoxy) is 1. The van der Waals surface area contributed by atoms with E-state index in [0.717, 1.165) is 6.42 Å². The van der Waals surface area contributed by atoms with Crippen LogP contribution in [0.25, 0.3) is 0 Å². The second-order valence-electron chi connectivity index (χ2n) is 6.03. The van der Waals surface area contributed by atoms with E-state index in [1.54, 1.807) is 0 Å². The van der Waals surface area contributed by atoms with E-state index >= 15 is 0 Å². The minimum atomic E-state index is -0.0498. The Bertz CT molecular complexity index is 199. The van der Waals surface area contributed by atoms with Gasteiger partial charge < -0.3 is 4.74 Å². The van der Waals surface area contributed by atoms with Crippen molar-refractivity contribution in [3.8, 4) is 0 Å². The molecule has 0 amide bonds. The molecule has 0 rings (SSSR count). The Morgan fingerprint density at radius 2 is 1.60 bits per heavy atom. The summed E-state index contributed by atoms with van der Waals surface area (Å²) in [6, 6.07) is 0. The third-order valence-corrected chi connectivity index (χ3v) is 2.39. The van der Waals surface area contributed by atoms with Gasteiger partial charge in [-0.2, -0.15) is 0 Å². The smallest absolute Gasteiger partial charge is 0.309 e. The summed E-state index contributed by atoms with van der Waals surface area (Å²) >= 11 is 0. The van der Waals surface area contributed by atoms with Crippen LogP contribution in [-0.4, -0.2) is 12.1 Å². The molecule has 0 aromatic carbocycles. The fourth-order valence-electron chi connectivity index (χ4n) is 1.59. The molecule has 0 N–H and O–H groups in total. The Hall–Kier alpha value is -0.530. The standard InChI is InChI=1S/C13H26O2/c1-9(2)8-11(13(5,6)7)12(14)15-10(3)4/h9-11H,8H2,1-7H3. The molecule has 0 aromatic rings. The van der Waals surface area contributed by atoms with E-state index in [9.17, 15) is 4.79 Å². The molecule has 0 aliphatic heterocycles. The van der Waals surface area contributed by atoms with Crippen LogP contribution < -0.4 is 0 Å². The Kier molecular flexibility index (Phi) is 5.33. The number of carbonyl (C=O) groups is 1. The predicted octanol–water partition coefficient (Wildman–Crippen LogP) is 3.65. The van der Waals surface area contributed by atoms with Crippen molar-refractivity contribution >= 4 is 5.97 Å². The molecule has 0 saturated carbocycles. The van der Waals surface area contributed by atoms with E-state index in [1.807, 2.05) is 13.8 Å². The number of hydrogen-bond acceptors (Lipinski definition) is 2. The van der Waals surface area contributed by atoms with E-state index in [-0.39, 0.29) is 23.4 Å². The van der Waals surface area contributed by atoms with Crippen molar-refractivity contribution in [3.05, 3.63) is 0 Å². The summed E-state index contributed by atoms with van der Waals surface area (Å²) in [5, 5.41) is 0. The van der Waals surface area contributed by atoms with Crippen LogP contribution in [0.5, 0.6) is 0 Å². The number of rotatable bonds is 4. The highest BCUT2D eigenvalue weighted by molar-refractivity contribution is 5.73. The van der Waals surface area contributed by atoms with Crippen molar-refractivity contribution in [2.45, 2.75) is 61.0 Å². The largest absolute Gasteiger partial charge is 0.463 e. The molecule has 0 heterocycles. The van der Waals surface area contributed by atoms with Crippen LogP contribution in [0.3, 0.4) is 0 Å². The highest BCUT2D eigenvalue weighted by Gasteiger charge is 2.33. The second kappa shape index (κ2) is 5.53. The molecule has 1 atom stereocenters. The van der Waals surface area contributed by atoms with E-state index in [1.165, 1.54) is 0 Å². The van der Waals surface area contributed by atoms with Crippen molar-refractivity contribution in [1.82, 2.24) is 0 Å².